The maximum absolute atomic E-state index is 10.3. The molecule has 4 nitrogen and oxygen atoms in total. The van der Waals surface area contributed by atoms with E-state index >= 15 is 0 Å². The summed E-state index contributed by atoms with van der Waals surface area (Å²) in [7, 11) is 1.64. The number of methoxy groups -OCH3 is 1. The van der Waals surface area contributed by atoms with E-state index < -0.39 is 0 Å². The monoisotopic (exact) mass is 305 g/mol. The predicted octanol–water partition coefficient (Wildman–Crippen LogP) is 2.88. The van der Waals surface area contributed by atoms with Gasteiger partial charge in [0, 0.05) is 23.5 Å². The number of ether oxygens (including phenoxy) is 2. The normalized spacial score (nSPS) is 17.6. The summed E-state index contributed by atoms with van der Waals surface area (Å²) in [6.07, 6.45) is 0. The van der Waals surface area contributed by atoms with Crippen molar-refractivity contribution in [2.75, 3.05) is 33.4 Å². The van der Waals surface area contributed by atoms with Crippen molar-refractivity contribution in [3.63, 3.8) is 0 Å². The van der Waals surface area contributed by atoms with Crippen LogP contribution >= 0.6 is 11.3 Å². The Balaban J connectivity index is 2.02. The molecule has 5 heteroatoms. The lowest BCUT2D eigenvalue weighted by molar-refractivity contribution is 0.0241. The first-order chi connectivity index (χ1) is 10.3. The second-order valence-electron chi connectivity index (χ2n) is 4.99. The molecule has 21 heavy (non-hydrogen) atoms. The van der Waals surface area contributed by atoms with E-state index in [1.165, 1.54) is 4.88 Å². The molecule has 0 saturated carbocycles. The van der Waals surface area contributed by atoms with Crippen LogP contribution in [0.5, 0.6) is 11.5 Å². The fourth-order valence-corrected chi connectivity index (χ4v) is 3.57. The number of benzene rings is 1. The number of rotatable bonds is 4. The van der Waals surface area contributed by atoms with Crippen LogP contribution in [0.15, 0.2) is 35.7 Å². The summed E-state index contributed by atoms with van der Waals surface area (Å²) < 4.78 is 10.8. The SMILES string of the molecule is COc1ccc(O)c(C(c2cccs2)N2CCOCC2)c1. The molecule has 1 fully saturated rings. The lowest BCUT2D eigenvalue weighted by Gasteiger charge is -2.34. The smallest absolute Gasteiger partial charge is 0.121 e. The third-order valence-electron chi connectivity index (χ3n) is 3.75. The number of morpholine rings is 1. The Hall–Kier alpha value is -1.56. The summed E-state index contributed by atoms with van der Waals surface area (Å²) in [6.45, 7) is 3.18. The minimum Gasteiger partial charge on any atom is -0.508 e. The largest absolute Gasteiger partial charge is 0.508 e. The molecule has 0 radical (unpaired) electrons. The molecular formula is C16H19NO3S. The van der Waals surface area contributed by atoms with Crippen molar-refractivity contribution < 1.29 is 14.6 Å². The minimum atomic E-state index is 0.0454. The summed E-state index contributed by atoms with van der Waals surface area (Å²) in [5, 5.41) is 12.4. The molecule has 1 aliphatic rings. The third kappa shape index (κ3) is 3.05. The van der Waals surface area contributed by atoms with E-state index in [0.29, 0.717) is 5.75 Å². The minimum absolute atomic E-state index is 0.0454. The average Bonchev–Trinajstić information content (AvgIpc) is 3.04. The van der Waals surface area contributed by atoms with E-state index in [0.717, 1.165) is 37.6 Å². The lowest BCUT2D eigenvalue weighted by atomic mass is 10.0. The Morgan fingerprint density at radius 2 is 2.10 bits per heavy atom. The van der Waals surface area contributed by atoms with Crippen molar-refractivity contribution in [3.05, 3.63) is 46.2 Å². The molecule has 1 saturated heterocycles. The second kappa shape index (κ2) is 6.47. The van der Waals surface area contributed by atoms with Crippen molar-refractivity contribution in [3.8, 4) is 11.5 Å². The van der Waals surface area contributed by atoms with Gasteiger partial charge in [-0.3, -0.25) is 4.90 Å². The van der Waals surface area contributed by atoms with E-state index in [1.54, 1.807) is 30.6 Å². The van der Waals surface area contributed by atoms with Gasteiger partial charge in [0.1, 0.15) is 11.5 Å². The molecule has 0 amide bonds. The van der Waals surface area contributed by atoms with Gasteiger partial charge in [-0.1, -0.05) is 6.07 Å². The van der Waals surface area contributed by atoms with Crippen molar-refractivity contribution >= 4 is 11.3 Å². The number of hydrogen-bond acceptors (Lipinski definition) is 5. The summed E-state index contributed by atoms with van der Waals surface area (Å²) in [5.41, 5.74) is 0.888. The van der Waals surface area contributed by atoms with E-state index in [-0.39, 0.29) is 6.04 Å². The van der Waals surface area contributed by atoms with Gasteiger partial charge in [0.2, 0.25) is 0 Å². The molecule has 0 bridgehead atoms. The van der Waals surface area contributed by atoms with Crippen LogP contribution in [-0.2, 0) is 4.74 Å². The molecule has 112 valence electrons. The predicted molar refractivity (Wildman–Crippen MR) is 83.2 cm³/mol. The summed E-state index contributed by atoms with van der Waals surface area (Å²) >= 11 is 1.71. The van der Waals surface area contributed by atoms with Crippen molar-refractivity contribution in [2.24, 2.45) is 0 Å². The Bertz CT molecular complexity index is 579. The van der Waals surface area contributed by atoms with Crippen LogP contribution in [0.4, 0.5) is 0 Å². The molecule has 0 aliphatic carbocycles. The highest BCUT2D eigenvalue weighted by atomic mass is 32.1. The zero-order valence-electron chi connectivity index (χ0n) is 12.0. The van der Waals surface area contributed by atoms with Crippen LogP contribution in [0.2, 0.25) is 0 Å². The van der Waals surface area contributed by atoms with Crippen LogP contribution in [0.1, 0.15) is 16.5 Å². The van der Waals surface area contributed by atoms with Gasteiger partial charge in [0.25, 0.3) is 0 Å². The molecule has 1 aromatic carbocycles. The Morgan fingerprint density at radius 1 is 1.29 bits per heavy atom. The first-order valence-electron chi connectivity index (χ1n) is 7.01. The lowest BCUT2D eigenvalue weighted by Crippen LogP contribution is -2.39. The van der Waals surface area contributed by atoms with Crippen LogP contribution < -0.4 is 4.74 Å². The highest BCUT2D eigenvalue weighted by molar-refractivity contribution is 7.10. The standard InChI is InChI=1S/C16H19NO3S/c1-19-12-4-5-14(18)13(11-12)16(15-3-2-10-21-15)17-6-8-20-9-7-17/h2-5,10-11,16,18H,6-9H2,1H3. The molecule has 2 heterocycles. The van der Waals surface area contributed by atoms with Gasteiger partial charge in [-0.05, 0) is 29.6 Å². The molecule has 3 rings (SSSR count). The highest BCUT2D eigenvalue weighted by Crippen LogP contribution is 2.38. The number of thiophene rings is 1. The van der Waals surface area contributed by atoms with Crippen LogP contribution in [0.25, 0.3) is 0 Å². The van der Waals surface area contributed by atoms with Gasteiger partial charge in [0.15, 0.2) is 0 Å². The van der Waals surface area contributed by atoms with Gasteiger partial charge < -0.3 is 14.6 Å². The molecule has 1 N–H and O–H groups in total. The molecule has 0 spiro atoms. The zero-order valence-corrected chi connectivity index (χ0v) is 12.8. The zero-order chi connectivity index (χ0) is 14.7. The summed E-state index contributed by atoms with van der Waals surface area (Å²) in [4.78, 5) is 3.57. The summed E-state index contributed by atoms with van der Waals surface area (Å²) in [5.74, 6) is 1.07. The Morgan fingerprint density at radius 3 is 2.76 bits per heavy atom. The van der Waals surface area contributed by atoms with E-state index in [2.05, 4.69) is 16.3 Å². The van der Waals surface area contributed by atoms with Gasteiger partial charge in [-0.25, -0.2) is 0 Å². The van der Waals surface area contributed by atoms with Crippen LogP contribution in [0, 0.1) is 0 Å². The number of phenols is 1. The first kappa shape index (κ1) is 14.4. The first-order valence-corrected chi connectivity index (χ1v) is 7.89. The van der Waals surface area contributed by atoms with E-state index in [9.17, 15) is 5.11 Å². The number of phenolic OH excluding ortho intramolecular Hbond substituents is 1. The molecule has 1 aliphatic heterocycles. The van der Waals surface area contributed by atoms with Crippen LogP contribution in [-0.4, -0.2) is 43.4 Å². The van der Waals surface area contributed by atoms with Gasteiger partial charge >= 0.3 is 0 Å². The molecule has 1 atom stereocenters. The maximum Gasteiger partial charge on any atom is 0.121 e. The molecule has 2 aromatic rings. The topological polar surface area (TPSA) is 41.9 Å². The highest BCUT2D eigenvalue weighted by Gasteiger charge is 2.27. The van der Waals surface area contributed by atoms with Crippen LogP contribution in [0.3, 0.4) is 0 Å². The van der Waals surface area contributed by atoms with Gasteiger partial charge in [-0.15, -0.1) is 11.3 Å². The van der Waals surface area contributed by atoms with Crippen molar-refractivity contribution in [1.29, 1.82) is 0 Å². The van der Waals surface area contributed by atoms with E-state index in [1.807, 2.05) is 12.1 Å². The second-order valence-corrected chi connectivity index (χ2v) is 5.97. The van der Waals surface area contributed by atoms with Gasteiger partial charge in [-0.2, -0.15) is 0 Å². The third-order valence-corrected chi connectivity index (χ3v) is 4.68. The maximum atomic E-state index is 10.3. The van der Waals surface area contributed by atoms with Crippen molar-refractivity contribution in [1.82, 2.24) is 4.90 Å². The Kier molecular flexibility index (Phi) is 4.43. The fourth-order valence-electron chi connectivity index (χ4n) is 2.69. The molecular weight excluding hydrogens is 286 g/mol. The fraction of sp³-hybridized carbons (Fsp3) is 0.375. The van der Waals surface area contributed by atoms with E-state index in [4.69, 9.17) is 9.47 Å². The number of nitrogens with zero attached hydrogens (tertiary/aromatic N) is 1. The average molecular weight is 305 g/mol. The van der Waals surface area contributed by atoms with Crippen molar-refractivity contribution in [2.45, 2.75) is 6.04 Å². The molecule has 1 aromatic heterocycles. The number of hydrogen-bond donors (Lipinski definition) is 1. The number of aromatic hydroxyl groups is 1. The quantitative estimate of drug-likeness (QED) is 0.943. The Labute approximate surface area is 128 Å². The summed E-state index contributed by atoms with van der Waals surface area (Å²) in [6, 6.07) is 9.62. The van der Waals surface area contributed by atoms with Gasteiger partial charge in [0.05, 0.1) is 26.4 Å². The molecule has 1 unspecified atom stereocenters.